The Labute approximate surface area is 132 Å². The number of carbonyl (C=O) groups is 2. The van der Waals surface area contributed by atoms with Crippen LogP contribution in [-0.2, 0) is 19.7 Å². The molecule has 22 heavy (non-hydrogen) atoms. The molecule has 0 aromatic heterocycles. The Morgan fingerprint density at radius 2 is 1.95 bits per heavy atom. The number of carbonyl (C=O) groups excluding carboxylic acids is 2. The minimum Gasteiger partial charge on any atom is -0.469 e. The Bertz CT molecular complexity index is 524. The van der Waals surface area contributed by atoms with Gasteiger partial charge in [0.05, 0.1) is 13.0 Å². The second-order valence-electron chi connectivity index (χ2n) is 6.60. The van der Waals surface area contributed by atoms with Crippen LogP contribution >= 0.6 is 0 Å². The quantitative estimate of drug-likeness (QED) is 0.786. The number of nitrogens with zero attached hydrogens (tertiary/aromatic N) is 1. The average molecular weight is 303 g/mol. The molecule has 0 unspecified atom stereocenters. The monoisotopic (exact) mass is 303 g/mol. The molecule has 1 saturated heterocycles. The average Bonchev–Trinajstić information content (AvgIpc) is 3.03. The summed E-state index contributed by atoms with van der Waals surface area (Å²) < 4.78 is 4.76. The smallest absolute Gasteiger partial charge is 0.310 e. The van der Waals surface area contributed by atoms with Gasteiger partial charge in [-0.1, -0.05) is 44.2 Å². The number of hydrogen-bond acceptors (Lipinski definition) is 3. The van der Waals surface area contributed by atoms with Crippen molar-refractivity contribution in [3.8, 4) is 0 Å². The molecule has 2 rings (SSSR count). The Hall–Kier alpha value is -1.84. The number of rotatable bonds is 5. The van der Waals surface area contributed by atoms with Crippen molar-refractivity contribution in [3.63, 3.8) is 0 Å². The molecule has 1 aliphatic rings. The molecular weight excluding hydrogens is 278 g/mol. The van der Waals surface area contributed by atoms with Crippen LogP contribution < -0.4 is 0 Å². The van der Waals surface area contributed by atoms with Crippen molar-refractivity contribution in [2.24, 2.45) is 5.92 Å². The van der Waals surface area contributed by atoms with Crippen molar-refractivity contribution in [2.75, 3.05) is 20.2 Å². The van der Waals surface area contributed by atoms with Crippen molar-refractivity contribution in [1.82, 2.24) is 4.90 Å². The summed E-state index contributed by atoms with van der Waals surface area (Å²) in [6.07, 6.45) is 2.02. The fraction of sp³-hybridized carbons (Fsp3) is 0.556. The molecule has 4 heteroatoms. The van der Waals surface area contributed by atoms with Crippen molar-refractivity contribution < 1.29 is 14.3 Å². The van der Waals surface area contributed by atoms with Gasteiger partial charge < -0.3 is 9.64 Å². The highest BCUT2D eigenvalue weighted by Crippen LogP contribution is 2.29. The zero-order chi connectivity index (χ0) is 16.2. The number of amides is 1. The molecule has 1 aromatic carbocycles. The van der Waals surface area contributed by atoms with Crippen molar-refractivity contribution >= 4 is 11.9 Å². The normalized spacial score (nSPS) is 18.3. The van der Waals surface area contributed by atoms with E-state index in [4.69, 9.17) is 4.74 Å². The van der Waals surface area contributed by atoms with Gasteiger partial charge in [0.2, 0.25) is 5.91 Å². The molecule has 0 bridgehead atoms. The molecule has 1 amide bonds. The predicted octanol–water partition coefficient (Wildman–Crippen LogP) is 2.77. The van der Waals surface area contributed by atoms with Gasteiger partial charge in [-0.05, 0) is 23.8 Å². The van der Waals surface area contributed by atoms with Crippen LogP contribution in [0.25, 0.3) is 0 Å². The van der Waals surface area contributed by atoms with Gasteiger partial charge in [0.15, 0.2) is 0 Å². The molecule has 0 radical (unpaired) electrons. The van der Waals surface area contributed by atoms with E-state index in [1.165, 1.54) is 12.7 Å². The van der Waals surface area contributed by atoms with Gasteiger partial charge >= 0.3 is 5.97 Å². The molecule has 1 atom stereocenters. The lowest BCUT2D eigenvalue weighted by atomic mass is 9.80. The van der Waals surface area contributed by atoms with E-state index < -0.39 is 0 Å². The summed E-state index contributed by atoms with van der Waals surface area (Å²) in [5, 5.41) is 0. The van der Waals surface area contributed by atoms with E-state index in [1.54, 1.807) is 4.90 Å². The van der Waals surface area contributed by atoms with Crippen LogP contribution in [0.15, 0.2) is 30.3 Å². The molecule has 0 spiro atoms. The second kappa shape index (κ2) is 6.95. The molecule has 0 N–H and O–H groups in total. The van der Waals surface area contributed by atoms with E-state index in [0.717, 1.165) is 6.42 Å². The molecule has 0 aliphatic carbocycles. The SMILES string of the molecule is COC(=O)[C@@H]1CCN(C(=O)CCC(C)(C)c2ccccc2)C1. The molecule has 120 valence electrons. The van der Waals surface area contributed by atoms with Crippen LogP contribution in [-0.4, -0.2) is 37.0 Å². The molecule has 0 saturated carbocycles. The maximum Gasteiger partial charge on any atom is 0.310 e. The molecule has 1 aromatic rings. The summed E-state index contributed by atoms with van der Waals surface area (Å²) in [6.45, 7) is 5.48. The summed E-state index contributed by atoms with van der Waals surface area (Å²) in [7, 11) is 1.40. The van der Waals surface area contributed by atoms with E-state index in [1.807, 2.05) is 18.2 Å². The first kappa shape index (κ1) is 16.5. The summed E-state index contributed by atoms with van der Waals surface area (Å²) in [5.74, 6) is -0.230. The standard InChI is InChI=1S/C18H25NO3/c1-18(2,15-7-5-4-6-8-15)11-9-16(20)19-12-10-14(13-19)17(21)22-3/h4-8,14H,9-13H2,1-3H3/t14-/m1/s1. The highest BCUT2D eigenvalue weighted by Gasteiger charge is 2.32. The Balaban J connectivity index is 1.87. The zero-order valence-electron chi connectivity index (χ0n) is 13.7. The van der Waals surface area contributed by atoms with E-state index >= 15 is 0 Å². The predicted molar refractivity (Wildman–Crippen MR) is 85.4 cm³/mol. The molecule has 4 nitrogen and oxygen atoms in total. The third kappa shape index (κ3) is 3.87. The maximum absolute atomic E-state index is 12.4. The number of methoxy groups -OCH3 is 1. The van der Waals surface area contributed by atoms with E-state index in [0.29, 0.717) is 25.9 Å². The number of benzene rings is 1. The lowest BCUT2D eigenvalue weighted by Gasteiger charge is -2.26. The van der Waals surface area contributed by atoms with Gasteiger partial charge in [-0.25, -0.2) is 0 Å². The first-order chi connectivity index (χ1) is 10.4. The van der Waals surface area contributed by atoms with Gasteiger partial charge in [-0.2, -0.15) is 0 Å². The third-order valence-electron chi connectivity index (χ3n) is 4.59. The second-order valence-corrected chi connectivity index (χ2v) is 6.60. The summed E-state index contributed by atoms with van der Waals surface area (Å²) in [5.41, 5.74) is 1.22. The topological polar surface area (TPSA) is 46.6 Å². The Morgan fingerprint density at radius 1 is 1.27 bits per heavy atom. The first-order valence-corrected chi connectivity index (χ1v) is 7.85. The van der Waals surface area contributed by atoms with Gasteiger partial charge in [0, 0.05) is 19.5 Å². The van der Waals surface area contributed by atoms with E-state index in [9.17, 15) is 9.59 Å². The van der Waals surface area contributed by atoms with Crippen LogP contribution in [0, 0.1) is 5.92 Å². The fourth-order valence-corrected chi connectivity index (χ4v) is 2.96. The summed E-state index contributed by atoms with van der Waals surface area (Å²) >= 11 is 0. The molecular formula is C18H25NO3. The van der Waals surface area contributed by atoms with Crippen LogP contribution in [0.3, 0.4) is 0 Å². The van der Waals surface area contributed by atoms with Crippen molar-refractivity contribution in [2.45, 2.75) is 38.5 Å². The Kier molecular flexibility index (Phi) is 5.22. The van der Waals surface area contributed by atoms with Crippen molar-refractivity contribution in [3.05, 3.63) is 35.9 Å². The van der Waals surface area contributed by atoms with Gasteiger partial charge in [-0.15, -0.1) is 0 Å². The maximum atomic E-state index is 12.4. The van der Waals surface area contributed by atoms with Crippen LogP contribution in [0.4, 0.5) is 0 Å². The van der Waals surface area contributed by atoms with Gasteiger partial charge in [0.1, 0.15) is 0 Å². The molecule has 1 fully saturated rings. The number of likely N-dealkylation sites (tertiary alicyclic amines) is 1. The fourth-order valence-electron chi connectivity index (χ4n) is 2.96. The number of esters is 1. The lowest BCUT2D eigenvalue weighted by molar-refractivity contribution is -0.145. The minimum absolute atomic E-state index is 0.0294. The van der Waals surface area contributed by atoms with E-state index in [2.05, 4.69) is 26.0 Å². The first-order valence-electron chi connectivity index (χ1n) is 7.85. The number of ether oxygens (including phenoxy) is 1. The highest BCUT2D eigenvalue weighted by molar-refractivity contribution is 5.79. The summed E-state index contributed by atoms with van der Waals surface area (Å²) in [6, 6.07) is 10.3. The third-order valence-corrected chi connectivity index (χ3v) is 4.59. The van der Waals surface area contributed by atoms with Crippen LogP contribution in [0.2, 0.25) is 0 Å². The van der Waals surface area contributed by atoms with Crippen LogP contribution in [0.5, 0.6) is 0 Å². The summed E-state index contributed by atoms with van der Waals surface area (Å²) in [4.78, 5) is 25.7. The largest absolute Gasteiger partial charge is 0.469 e. The molecule has 1 heterocycles. The number of hydrogen-bond donors (Lipinski definition) is 0. The zero-order valence-corrected chi connectivity index (χ0v) is 13.7. The van der Waals surface area contributed by atoms with E-state index in [-0.39, 0.29) is 23.2 Å². The lowest BCUT2D eigenvalue weighted by Crippen LogP contribution is -2.31. The Morgan fingerprint density at radius 3 is 2.59 bits per heavy atom. The van der Waals surface area contributed by atoms with Gasteiger partial charge in [0.25, 0.3) is 0 Å². The van der Waals surface area contributed by atoms with Crippen molar-refractivity contribution in [1.29, 1.82) is 0 Å². The minimum atomic E-state index is -0.208. The van der Waals surface area contributed by atoms with Gasteiger partial charge in [-0.3, -0.25) is 9.59 Å². The highest BCUT2D eigenvalue weighted by atomic mass is 16.5. The van der Waals surface area contributed by atoms with Crippen LogP contribution in [0.1, 0.15) is 38.7 Å². The molecule has 1 aliphatic heterocycles.